The van der Waals surface area contributed by atoms with E-state index in [2.05, 4.69) is 37.9 Å². The quantitative estimate of drug-likeness (QED) is 0.416. The fraction of sp³-hybridized carbons (Fsp3) is 0.348. The van der Waals surface area contributed by atoms with E-state index >= 15 is 0 Å². The lowest BCUT2D eigenvalue weighted by Gasteiger charge is -2.04. The molecule has 0 bridgehead atoms. The molecule has 7 heteroatoms. The van der Waals surface area contributed by atoms with Crippen molar-refractivity contribution < 1.29 is 14.1 Å². The summed E-state index contributed by atoms with van der Waals surface area (Å²) in [5.74, 6) is 2.74. The fourth-order valence-corrected chi connectivity index (χ4v) is 4.03. The largest absolute Gasteiger partial charge is 0.497 e. The summed E-state index contributed by atoms with van der Waals surface area (Å²) in [6, 6.07) is 15.5. The predicted octanol–water partition coefficient (Wildman–Crippen LogP) is 4.16. The van der Waals surface area contributed by atoms with Crippen LogP contribution < -0.4 is 14.6 Å². The van der Waals surface area contributed by atoms with E-state index in [1.807, 2.05) is 41.1 Å². The van der Waals surface area contributed by atoms with Gasteiger partial charge in [0.1, 0.15) is 5.75 Å². The molecule has 2 aromatic carbocycles. The predicted molar refractivity (Wildman–Crippen MR) is 119 cm³/mol. The Morgan fingerprint density at radius 1 is 1.13 bits per heavy atom. The van der Waals surface area contributed by atoms with Crippen LogP contribution in [0.5, 0.6) is 5.75 Å². The molecule has 4 rings (SSSR count). The number of benzene rings is 2. The molecule has 0 saturated heterocycles. The SMILES string of the molecule is COc1ccc(C(=O)Cn2nc(NCc3ccc(Br)cc3)[n+]3c2CCCCC3)cc1. The Labute approximate surface area is 185 Å². The third-order valence-electron chi connectivity index (χ3n) is 5.43. The van der Waals surface area contributed by atoms with E-state index in [1.165, 1.54) is 12.0 Å². The maximum atomic E-state index is 12.9. The summed E-state index contributed by atoms with van der Waals surface area (Å²) in [6.07, 6.45) is 4.38. The van der Waals surface area contributed by atoms with Crippen LogP contribution in [-0.4, -0.2) is 22.7 Å². The number of anilines is 1. The number of ketones is 1. The van der Waals surface area contributed by atoms with Crippen LogP contribution in [0.1, 0.15) is 41.0 Å². The molecule has 156 valence electrons. The van der Waals surface area contributed by atoms with Gasteiger partial charge in [-0.2, -0.15) is 0 Å². The zero-order chi connectivity index (χ0) is 20.9. The molecule has 0 amide bonds. The Bertz CT molecular complexity index is 1010. The minimum absolute atomic E-state index is 0.0484. The average Bonchev–Trinajstić information content (AvgIpc) is 2.93. The van der Waals surface area contributed by atoms with Gasteiger partial charge in [-0.1, -0.05) is 34.5 Å². The summed E-state index contributed by atoms with van der Waals surface area (Å²) in [5.41, 5.74) is 1.85. The normalized spacial score (nSPS) is 13.4. The van der Waals surface area contributed by atoms with Crippen molar-refractivity contribution in [2.75, 3.05) is 12.4 Å². The van der Waals surface area contributed by atoms with Crippen LogP contribution in [0.25, 0.3) is 0 Å². The number of methoxy groups -OCH3 is 1. The zero-order valence-corrected chi connectivity index (χ0v) is 18.7. The van der Waals surface area contributed by atoms with Crippen LogP contribution in [0.2, 0.25) is 0 Å². The van der Waals surface area contributed by atoms with E-state index in [0.29, 0.717) is 12.1 Å². The highest BCUT2D eigenvalue weighted by molar-refractivity contribution is 9.10. The van der Waals surface area contributed by atoms with Gasteiger partial charge in [-0.05, 0) is 54.8 Å². The van der Waals surface area contributed by atoms with E-state index < -0.39 is 0 Å². The maximum Gasteiger partial charge on any atom is 0.378 e. The molecule has 0 aliphatic carbocycles. The van der Waals surface area contributed by atoms with Crippen LogP contribution in [0, 0.1) is 0 Å². The minimum atomic E-state index is 0.0484. The number of rotatable bonds is 7. The monoisotopic (exact) mass is 469 g/mol. The van der Waals surface area contributed by atoms with Gasteiger partial charge in [0, 0.05) is 21.6 Å². The van der Waals surface area contributed by atoms with Crippen LogP contribution in [0.15, 0.2) is 53.0 Å². The third kappa shape index (κ3) is 4.73. The summed E-state index contributed by atoms with van der Waals surface area (Å²) in [7, 11) is 1.62. The van der Waals surface area contributed by atoms with E-state index in [1.54, 1.807) is 7.11 Å². The average molecular weight is 470 g/mol. The van der Waals surface area contributed by atoms with Crippen LogP contribution in [0.3, 0.4) is 0 Å². The van der Waals surface area contributed by atoms with E-state index in [9.17, 15) is 4.79 Å². The maximum absolute atomic E-state index is 12.9. The first kappa shape index (κ1) is 20.6. The van der Waals surface area contributed by atoms with Crippen molar-refractivity contribution in [3.63, 3.8) is 0 Å². The number of aromatic nitrogens is 3. The standard InChI is InChI=1S/C23H26BrN4O2/c1-30-20-12-8-18(9-13-20)21(29)16-28-22-5-3-2-4-14-27(22)23(26-28)25-15-17-6-10-19(24)11-7-17/h6-13H,2-5,14-16H2,1H3,(H,25,26)/q+1. The first-order valence-corrected chi connectivity index (χ1v) is 11.1. The number of halogens is 1. The smallest absolute Gasteiger partial charge is 0.378 e. The van der Waals surface area contributed by atoms with Crippen molar-refractivity contribution in [2.24, 2.45) is 0 Å². The van der Waals surface area contributed by atoms with Gasteiger partial charge in [-0.3, -0.25) is 10.1 Å². The van der Waals surface area contributed by atoms with Crippen LogP contribution in [-0.2, 0) is 26.1 Å². The zero-order valence-electron chi connectivity index (χ0n) is 17.1. The highest BCUT2D eigenvalue weighted by atomic mass is 79.9. The molecule has 1 aliphatic heterocycles. The number of carbonyl (C=O) groups excluding carboxylic acids is 1. The lowest BCUT2D eigenvalue weighted by Crippen LogP contribution is -2.39. The fourth-order valence-electron chi connectivity index (χ4n) is 3.76. The first-order chi connectivity index (χ1) is 14.6. The summed E-state index contributed by atoms with van der Waals surface area (Å²) < 4.78 is 10.4. The second-order valence-corrected chi connectivity index (χ2v) is 8.41. The van der Waals surface area contributed by atoms with Gasteiger partial charge in [-0.25, -0.2) is 4.57 Å². The molecule has 2 heterocycles. The van der Waals surface area contributed by atoms with Crippen molar-refractivity contribution >= 4 is 27.7 Å². The Balaban J connectivity index is 1.54. The molecular weight excluding hydrogens is 444 g/mol. The molecule has 1 aliphatic rings. The van der Waals surface area contributed by atoms with Crippen molar-refractivity contribution in [3.8, 4) is 5.75 Å². The van der Waals surface area contributed by atoms with Gasteiger partial charge in [0.25, 0.3) is 0 Å². The number of ether oxygens (including phenoxy) is 1. The second-order valence-electron chi connectivity index (χ2n) is 7.49. The molecule has 0 saturated carbocycles. The van der Waals surface area contributed by atoms with E-state index in [0.717, 1.165) is 47.8 Å². The Morgan fingerprint density at radius 3 is 2.63 bits per heavy atom. The molecule has 6 nitrogen and oxygen atoms in total. The van der Waals surface area contributed by atoms with Gasteiger partial charge in [0.15, 0.2) is 12.3 Å². The van der Waals surface area contributed by atoms with Gasteiger partial charge < -0.3 is 4.74 Å². The molecular formula is C23H26BrN4O2+. The van der Waals surface area contributed by atoms with Gasteiger partial charge >= 0.3 is 5.95 Å². The highest BCUT2D eigenvalue weighted by Gasteiger charge is 2.27. The number of hydrogen-bond donors (Lipinski definition) is 1. The molecule has 30 heavy (non-hydrogen) atoms. The Hall–Kier alpha value is -2.67. The Morgan fingerprint density at radius 2 is 1.90 bits per heavy atom. The van der Waals surface area contributed by atoms with Gasteiger partial charge in [-0.15, -0.1) is 4.68 Å². The molecule has 0 radical (unpaired) electrons. The molecule has 1 N–H and O–H groups in total. The second kappa shape index (κ2) is 9.43. The number of carbonyl (C=O) groups is 1. The third-order valence-corrected chi connectivity index (χ3v) is 5.96. The van der Waals surface area contributed by atoms with E-state index in [-0.39, 0.29) is 12.3 Å². The lowest BCUT2D eigenvalue weighted by molar-refractivity contribution is -0.690. The number of hydrogen-bond acceptors (Lipinski definition) is 4. The molecule has 0 spiro atoms. The summed E-state index contributed by atoms with van der Waals surface area (Å²) in [6.45, 7) is 1.85. The first-order valence-electron chi connectivity index (χ1n) is 10.3. The Kier molecular flexibility index (Phi) is 6.47. The van der Waals surface area contributed by atoms with Crippen molar-refractivity contribution in [1.29, 1.82) is 0 Å². The summed E-state index contributed by atoms with van der Waals surface area (Å²) in [5, 5.41) is 8.25. The minimum Gasteiger partial charge on any atom is -0.497 e. The summed E-state index contributed by atoms with van der Waals surface area (Å²) >= 11 is 3.47. The van der Waals surface area contributed by atoms with Crippen LogP contribution >= 0.6 is 15.9 Å². The van der Waals surface area contributed by atoms with Crippen LogP contribution in [0.4, 0.5) is 5.95 Å². The number of nitrogens with zero attached hydrogens (tertiary/aromatic N) is 3. The van der Waals surface area contributed by atoms with Gasteiger partial charge in [0.05, 0.1) is 20.2 Å². The molecule has 3 aromatic rings. The lowest BCUT2D eigenvalue weighted by atomic mass is 10.1. The van der Waals surface area contributed by atoms with Crippen molar-refractivity contribution in [1.82, 2.24) is 9.78 Å². The topological polar surface area (TPSA) is 60.0 Å². The van der Waals surface area contributed by atoms with Gasteiger partial charge in [0.2, 0.25) is 5.82 Å². The molecule has 0 atom stereocenters. The highest BCUT2D eigenvalue weighted by Crippen LogP contribution is 2.16. The van der Waals surface area contributed by atoms with Crippen molar-refractivity contribution in [3.05, 3.63) is 70.0 Å². The number of nitrogens with one attached hydrogen (secondary N) is 1. The van der Waals surface area contributed by atoms with Crippen molar-refractivity contribution in [2.45, 2.75) is 45.3 Å². The molecule has 0 unspecified atom stereocenters. The number of fused-ring (bicyclic) bond motifs is 1. The molecule has 1 aromatic heterocycles. The van der Waals surface area contributed by atoms with E-state index in [4.69, 9.17) is 9.84 Å². The number of Topliss-reactive ketones (excluding diaryl/α,β-unsaturated/α-hetero) is 1. The summed E-state index contributed by atoms with van der Waals surface area (Å²) in [4.78, 5) is 12.9. The molecule has 0 fully saturated rings.